The highest BCUT2D eigenvalue weighted by Crippen LogP contribution is 2.20. The molecule has 2 aromatic heterocycles. The SMILES string of the molecule is CCn1c(COc2cc(C)cc(C)c2)nnc1SCC(=O)Nc1ccc(Br)cn1. The minimum atomic E-state index is -0.150. The first-order valence-corrected chi connectivity index (χ1v) is 10.9. The number of thioether (sulfide) groups is 1. The summed E-state index contributed by atoms with van der Waals surface area (Å²) in [6, 6.07) is 9.66. The van der Waals surface area contributed by atoms with Gasteiger partial charge in [-0.15, -0.1) is 10.2 Å². The average Bonchev–Trinajstić information content (AvgIpc) is 3.07. The number of aromatic nitrogens is 4. The number of hydrogen-bond acceptors (Lipinski definition) is 6. The Bertz CT molecular complexity index is 971. The first-order chi connectivity index (χ1) is 13.9. The van der Waals surface area contributed by atoms with Crippen LogP contribution in [0.25, 0.3) is 0 Å². The van der Waals surface area contributed by atoms with Crippen molar-refractivity contribution in [3.8, 4) is 5.75 Å². The lowest BCUT2D eigenvalue weighted by Gasteiger charge is -2.10. The molecule has 0 unspecified atom stereocenters. The molecule has 0 bridgehead atoms. The van der Waals surface area contributed by atoms with Crippen molar-refractivity contribution in [3.63, 3.8) is 0 Å². The summed E-state index contributed by atoms with van der Waals surface area (Å²) in [7, 11) is 0. The van der Waals surface area contributed by atoms with E-state index in [0.29, 0.717) is 24.1 Å². The van der Waals surface area contributed by atoms with Gasteiger partial charge in [0.2, 0.25) is 5.91 Å². The standard InChI is InChI=1S/C20H22BrN5O2S/c1-4-26-18(11-28-16-8-13(2)7-14(3)9-16)24-25-20(26)29-12-19(27)23-17-6-5-15(21)10-22-17/h5-10H,4,11-12H2,1-3H3,(H,22,23,27). The number of amides is 1. The van der Waals surface area contributed by atoms with Gasteiger partial charge in [-0.1, -0.05) is 17.8 Å². The monoisotopic (exact) mass is 475 g/mol. The van der Waals surface area contributed by atoms with E-state index in [1.54, 1.807) is 12.3 Å². The molecule has 0 aliphatic carbocycles. The van der Waals surface area contributed by atoms with Crippen LogP contribution in [0.1, 0.15) is 23.9 Å². The zero-order valence-corrected chi connectivity index (χ0v) is 18.9. The van der Waals surface area contributed by atoms with Gasteiger partial charge in [-0.05, 0) is 72.1 Å². The van der Waals surface area contributed by atoms with Crippen LogP contribution in [-0.2, 0) is 17.9 Å². The van der Waals surface area contributed by atoms with Gasteiger partial charge in [0.25, 0.3) is 0 Å². The molecule has 0 radical (unpaired) electrons. The Labute approximate surface area is 182 Å². The second-order valence-electron chi connectivity index (χ2n) is 6.45. The highest BCUT2D eigenvalue weighted by molar-refractivity contribution is 9.10. The van der Waals surface area contributed by atoms with Gasteiger partial charge in [-0.2, -0.15) is 0 Å². The first-order valence-electron chi connectivity index (χ1n) is 9.12. The number of hydrogen-bond donors (Lipinski definition) is 1. The second kappa shape index (κ2) is 9.89. The Morgan fingerprint density at radius 2 is 1.97 bits per heavy atom. The van der Waals surface area contributed by atoms with Gasteiger partial charge in [-0.3, -0.25) is 4.79 Å². The van der Waals surface area contributed by atoms with Gasteiger partial charge < -0.3 is 14.6 Å². The Balaban J connectivity index is 1.58. The normalized spacial score (nSPS) is 10.8. The molecule has 2 heterocycles. The molecule has 0 saturated carbocycles. The molecule has 1 amide bonds. The lowest BCUT2D eigenvalue weighted by atomic mass is 10.1. The Morgan fingerprint density at radius 1 is 1.21 bits per heavy atom. The van der Waals surface area contributed by atoms with Gasteiger partial charge in [-0.25, -0.2) is 4.98 Å². The highest BCUT2D eigenvalue weighted by Gasteiger charge is 2.14. The average molecular weight is 476 g/mol. The maximum atomic E-state index is 12.2. The number of halogens is 1. The molecular weight excluding hydrogens is 454 g/mol. The second-order valence-corrected chi connectivity index (χ2v) is 8.31. The van der Waals surface area contributed by atoms with E-state index in [-0.39, 0.29) is 11.7 Å². The van der Waals surface area contributed by atoms with Crippen LogP contribution in [0.15, 0.2) is 46.2 Å². The van der Waals surface area contributed by atoms with E-state index in [2.05, 4.69) is 42.5 Å². The Hall–Kier alpha value is -2.39. The lowest BCUT2D eigenvalue weighted by molar-refractivity contribution is -0.113. The van der Waals surface area contributed by atoms with Crippen LogP contribution in [0.3, 0.4) is 0 Å². The topological polar surface area (TPSA) is 81.9 Å². The molecule has 0 aliphatic heterocycles. The number of rotatable bonds is 8. The van der Waals surface area contributed by atoms with E-state index in [1.807, 2.05) is 43.5 Å². The molecule has 0 saturated heterocycles. The van der Waals surface area contributed by atoms with Crippen LogP contribution >= 0.6 is 27.7 Å². The number of benzene rings is 1. The Kier molecular flexibility index (Phi) is 7.27. The molecule has 0 atom stereocenters. The minimum absolute atomic E-state index is 0.150. The summed E-state index contributed by atoms with van der Waals surface area (Å²) in [5, 5.41) is 11.9. The number of anilines is 1. The summed E-state index contributed by atoms with van der Waals surface area (Å²) in [5.74, 6) is 2.11. The molecule has 9 heteroatoms. The van der Waals surface area contributed by atoms with Crippen molar-refractivity contribution >= 4 is 39.4 Å². The maximum absolute atomic E-state index is 12.2. The summed E-state index contributed by atoms with van der Waals surface area (Å²) in [5.41, 5.74) is 2.30. The molecule has 3 aromatic rings. The van der Waals surface area contributed by atoms with Crippen molar-refractivity contribution in [1.29, 1.82) is 0 Å². The summed E-state index contributed by atoms with van der Waals surface area (Å²) in [6.45, 7) is 7.10. The van der Waals surface area contributed by atoms with Crippen molar-refractivity contribution in [2.45, 2.75) is 39.1 Å². The molecule has 0 aliphatic rings. The van der Waals surface area contributed by atoms with Crippen LogP contribution in [-0.4, -0.2) is 31.4 Å². The van der Waals surface area contributed by atoms with E-state index in [1.165, 1.54) is 11.8 Å². The lowest BCUT2D eigenvalue weighted by Crippen LogP contribution is -2.15. The largest absolute Gasteiger partial charge is 0.486 e. The molecule has 1 N–H and O–H groups in total. The smallest absolute Gasteiger partial charge is 0.236 e. The fourth-order valence-corrected chi connectivity index (χ4v) is 3.83. The quantitative estimate of drug-likeness (QED) is 0.486. The summed E-state index contributed by atoms with van der Waals surface area (Å²) in [6.07, 6.45) is 1.64. The molecule has 7 nitrogen and oxygen atoms in total. The van der Waals surface area contributed by atoms with Crippen molar-refractivity contribution in [1.82, 2.24) is 19.7 Å². The minimum Gasteiger partial charge on any atom is -0.486 e. The van der Waals surface area contributed by atoms with Crippen LogP contribution in [0.4, 0.5) is 5.82 Å². The summed E-state index contributed by atoms with van der Waals surface area (Å²) in [4.78, 5) is 16.3. The van der Waals surface area contributed by atoms with Gasteiger partial charge in [0.1, 0.15) is 18.2 Å². The zero-order valence-electron chi connectivity index (χ0n) is 16.5. The van der Waals surface area contributed by atoms with Crippen LogP contribution in [0.2, 0.25) is 0 Å². The van der Waals surface area contributed by atoms with E-state index < -0.39 is 0 Å². The Morgan fingerprint density at radius 3 is 2.62 bits per heavy atom. The van der Waals surface area contributed by atoms with Crippen LogP contribution in [0.5, 0.6) is 5.75 Å². The summed E-state index contributed by atoms with van der Waals surface area (Å²) >= 11 is 4.65. The predicted molar refractivity (Wildman–Crippen MR) is 117 cm³/mol. The van der Waals surface area contributed by atoms with Crippen molar-refractivity contribution in [2.24, 2.45) is 0 Å². The predicted octanol–water partition coefficient (Wildman–Crippen LogP) is 4.38. The molecule has 29 heavy (non-hydrogen) atoms. The van der Waals surface area contributed by atoms with Crippen molar-refractivity contribution in [2.75, 3.05) is 11.1 Å². The molecule has 152 valence electrons. The third-order valence-corrected chi connectivity index (χ3v) is 5.44. The molecule has 3 rings (SSSR count). The molecule has 1 aromatic carbocycles. The fraction of sp³-hybridized carbons (Fsp3) is 0.300. The van der Waals surface area contributed by atoms with E-state index in [4.69, 9.17) is 4.74 Å². The number of ether oxygens (including phenoxy) is 1. The number of nitrogens with zero attached hydrogens (tertiary/aromatic N) is 4. The van der Waals surface area contributed by atoms with Gasteiger partial charge in [0.15, 0.2) is 11.0 Å². The number of pyridine rings is 1. The number of carbonyl (C=O) groups is 1. The number of aryl methyl sites for hydroxylation is 2. The number of carbonyl (C=O) groups excluding carboxylic acids is 1. The summed E-state index contributed by atoms with van der Waals surface area (Å²) < 4.78 is 8.71. The zero-order chi connectivity index (χ0) is 20.8. The van der Waals surface area contributed by atoms with Gasteiger partial charge in [0.05, 0.1) is 5.75 Å². The fourth-order valence-electron chi connectivity index (χ4n) is 2.77. The molecule has 0 fully saturated rings. The van der Waals surface area contributed by atoms with E-state index in [0.717, 1.165) is 27.2 Å². The third kappa shape index (κ3) is 6.04. The first kappa shape index (κ1) is 21.3. The van der Waals surface area contributed by atoms with Crippen molar-refractivity contribution in [3.05, 3.63) is 58.0 Å². The molecule has 0 spiro atoms. The van der Waals surface area contributed by atoms with Gasteiger partial charge >= 0.3 is 0 Å². The maximum Gasteiger partial charge on any atom is 0.236 e. The van der Waals surface area contributed by atoms with Crippen molar-refractivity contribution < 1.29 is 9.53 Å². The van der Waals surface area contributed by atoms with E-state index >= 15 is 0 Å². The van der Waals surface area contributed by atoms with Gasteiger partial charge in [0, 0.05) is 17.2 Å². The number of nitrogens with one attached hydrogen (secondary N) is 1. The van der Waals surface area contributed by atoms with E-state index in [9.17, 15) is 4.79 Å². The van der Waals surface area contributed by atoms with Crippen LogP contribution in [0, 0.1) is 13.8 Å². The molecular formula is C20H22BrN5O2S. The van der Waals surface area contributed by atoms with Crippen LogP contribution < -0.4 is 10.1 Å². The third-order valence-electron chi connectivity index (χ3n) is 4.00. The highest BCUT2D eigenvalue weighted by atomic mass is 79.9.